The number of aryl methyl sites for hydroxylation is 1. The predicted octanol–water partition coefficient (Wildman–Crippen LogP) is 2.86. The summed E-state index contributed by atoms with van der Waals surface area (Å²) in [6, 6.07) is 4.33. The van der Waals surface area contributed by atoms with Gasteiger partial charge in [0.2, 0.25) is 5.91 Å². The second kappa shape index (κ2) is 6.20. The minimum atomic E-state index is -0.466. The molecular weight excluding hydrogens is 244 g/mol. The quantitative estimate of drug-likeness (QED) is 0.500. The number of halogens is 1. The normalized spacial score (nSPS) is 10.0. The summed E-state index contributed by atoms with van der Waals surface area (Å²) < 4.78 is 0. The highest BCUT2D eigenvalue weighted by Crippen LogP contribution is 2.21. The van der Waals surface area contributed by atoms with E-state index in [0.29, 0.717) is 30.0 Å². The predicted molar refractivity (Wildman–Crippen MR) is 66.4 cm³/mol. The van der Waals surface area contributed by atoms with E-state index in [1.165, 1.54) is 18.2 Å². The topological polar surface area (TPSA) is 72.2 Å². The monoisotopic (exact) mass is 256 g/mol. The molecule has 0 radical (unpaired) electrons. The van der Waals surface area contributed by atoms with Crippen molar-refractivity contribution in [2.45, 2.75) is 19.8 Å². The van der Waals surface area contributed by atoms with Gasteiger partial charge >= 0.3 is 0 Å². The minimum Gasteiger partial charge on any atom is -0.326 e. The molecule has 17 heavy (non-hydrogen) atoms. The molecule has 92 valence electrons. The Labute approximate surface area is 104 Å². The first-order valence-corrected chi connectivity index (χ1v) is 5.69. The van der Waals surface area contributed by atoms with Crippen molar-refractivity contribution in [1.29, 1.82) is 0 Å². The molecule has 0 heterocycles. The molecule has 0 unspecified atom stereocenters. The van der Waals surface area contributed by atoms with Gasteiger partial charge in [0, 0.05) is 30.1 Å². The summed E-state index contributed by atoms with van der Waals surface area (Å²) >= 11 is 5.48. The average Bonchev–Trinajstić information content (AvgIpc) is 2.28. The summed E-state index contributed by atoms with van der Waals surface area (Å²) in [6.45, 7) is 1.71. The van der Waals surface area contributed by atoms with Crippen LogP contribution in [0.15, 0.2) is 18.2 Å². The van der Waals surface area contributed by atoms with Crippen molar-refractivity contribution in [2.24, 2.45) is 0 Å². The zero-order valence-electron chi connectivity index (χ0n) is 9.40. The molecule has 0 aliphatic rings. The van der Waals surface area contributed by atoms with Gasteiger partial charge in [-0.2, -0.15) is 0 Å². The Morgan fingerprint density at radius 3 is 2.76 bits per heavy atom. The van der Waals surface area contributed by atoms with Gasteiger partial charge < -0.3 is 5.32 Å². The highest BCUT2D eigenvalue weighted by atomic mass is 35.5. The molecule has 5 nitrogen and oxygen atoms in total. The molecule has 0 aliphatic carbocycles. The molecule has 0 bridgehead atoms. The molecule has 0 saturated carbocycles. The highest BCUT2D eigenvalue weighted by Gasteiger charge is 2.09. The summed E-state index contributed by atoms with van der Waals surface area (Å²) in [4.78, 5) is 21.5. The maximum Gasteiger partial charge on any atom is 0.269 e. The van der Waals surface area contributed by atoms with E-state index in [1.807, 2.05) is 0 Å². The van der Waals surface area contributed by atoms with Crippen molar-refractivity contribution in [3.63, 3.8) is 0 Å². The third kappa shape index (κ3) is 4.03. The van der Waals surface area contributed by atoms with Crippen molar-refractivity contribution in [3.05, 3.63) is 33.9 Å². The van der Waals surface area contributed by atoms with Crippen molar-refractivity contribution in [2.75, 3.05) is 11.2 Å². The molecule has 1 amide bonds. The average molecular weight is 257 g/mol. The van der Waals surface area contributed by atoms with Crippen LogP contribution in [0.5, 0.6) is 0 Å². The number of carbonyl (C=O) groups excluding carboxylic acids is 1. The molecular formula is C11H13ClN2O3. The van der Waals surface area contributed by atoms with Gasteiger partial charge in [0.15, 0.2) is 0 Å². The molecule has 0 atom stereocenters. The van der Waals surface area contributed by atoms with Crippen LogP contribution in [-0.2, 0) is 4.79 Å². The Hall–Kier alpha value is -1.62. The number of anilines is 1. The molecule has 6 heteroatoms. The molecule has 0 aromatic heterocycles. The largest absolute Gasteiger partial charge is 0.326 e. The third-order valence-electron chi connectivity index (χ3n) is 2.23. The highest BCUT2D eigenvalue weighted by molar-refractivity contribution is 6.18. The SMILES string of the molecule is Cc1cc([N+](=O)[O-])ccc1NC(=O)CCCCl. The summed E-state index contributed by atoms with van der Waals surface area (Å²) in [6.07, 6.45) is 0.958. The first-order chi connectivity index (χ1) is 8.04. The first-order valence-electron chi connectivity index (χ1n) is 5.15. The van der Waals surface area contributed by atoms with E-state index >= 15 is 0 Å². The molecule has 0 saturated heterocycles. The molecule has 0 spiro atoms. The van der Waals surface area contributed by atoms with Gasteiger partial charge in [-0.05, 0) is 25.0 Å². The number of hydrogen-bond acceptors (Lipinski definition) is 3. The lowest BCUT2D eigenvalue weighted by molar-refractivity contribution is -0.384. The Balaban J connectivity index is 2.72. The number of alkyl halides is 1. The first kappa shape index (κ1) is 13.4. The van der Waals surface area contributed by atoms with Gasteiger partial charge in [-0.1, -0.05) is 0 Å². The number of nitro groups is 1. The van der Waals surface area contributed by atoms with Crippen molar-refractivity contribution < 1.29 is 9.72 Å². The molecule has 1 aromatic carbocycles. The minimum absolute atomic E-state index is 0.0151. The summed E-state index contributed by atoms with van der Waals surface area (Å²) in [5.74, 6) is 0.301. The van der Waals surface area contributed by atoms with Crippen LogP contribution in [0.25, 0.3) is 0 Å². The van der Waals surface area contributed by atoms with Crippen molar-refractivity contribution >= 4 is 28.9 Å². The van der Waals surface area contributed by atoms with Crippen LogP contribution in [0.4, 0.5) is 11.4 Å². The fourth-order valence-electron chi connectivity index (χ4n) is 1.34. The molecule has 1 N–H and O–H groups in total. The maximum atomic E-state index is 11.4. The Morgan fingerprint density at radius 2 is 2.24 bits per heavy atom. The van der Waals surface area contributed by atoms with Crippen LogP contribution in [-0.4, -0.2) is 16.7 Å². The third-order valence-corrected chi connectivity index (χ3v) is 2.50. The van der Waals surface area contributed by atoms with Gasteiger partial charge in [-0.15, -0.1) is 11.6 Å². The zero-order valence-corrected chi connectivity index (χ0v) is 10.2. The van der Waals surface area contributed by atoms with E-state index in [4.69, 9.17) is 11.6 Å². The standard InChI is InChI=1S/C11H13ClN2O3/c1-8-7-9(14(16)17)4-5-10(8)13-11(15)3-2-6-12/h4-5,7H,2-3,6H2,1H3,(H,13,15). The lowest BCUT2D eigenvalue weighted by Gasteiger charge is -2.07. The van der Waals surface area contributed by atoms with Crippen LogP contribution in [0.1, 0.15) is 18.4 Å². The number of nitrogens with zero attached hydrogens (tertiary/aromatic N) is 1. The number of non-ortho nitro benzene ring substituents is 1. The Bertz CT molecular complexity index is 435. The summed E-state index contributed by atoms with van der Waals surface area (Å²) in [5, 5.41) is 13.2. The van der Waals surface area contributed by atoms with Gasteiger partial charge in [0.25, 0.3) is 5.69 Å². The van der Waals surface area contributed by atoms with Gasteiger partial charge in [-0.25, -0.2) is 0 Å². The number of carbonyl (C=O) groups is 1. The van der Waals surface area contributed by atoms with E-state index in [2.05, 4.69) is 5.32 Å². The van der Waals surface area contributed by atoms with Gasteiger partial charge in [-0.3, -0.25) is 14.9 Å². The second-order valence-electron chi connectivity index (χ2n) is 3.60. The summed E-state index contributed by atoms with van der Waals surface area (Å²) in [5.41, 5.74) is 1.27. The molecule has 1 aromatic rings. The van der Waals surface area contributed by atoms with Crippen molar-refractivity contribution in [3.8, 4) is 0 Å². The van der Waals surface area contributed by atoms with Crippen LogP contribution in [0.2, 0.25) is 0 Å². The number of amides is 1. The van der Waals surface area contributed by atoms with Crippen LogP contribution >= 0.6 is 11.6 Å². The van der Waals surface area contributed by atoms with Crippen LogP contribution < -0.4 is 5.32 Å². The Morgan fingerprint density at radius 1 is 1.53 bits per heavy atom. The summed E-state index contributed by atoms with van der Waals surface area (Å²) in [7, 11) is 0. The van der Waals surface area contributed by atoms with Crippen LogP contribution in [0, 0.1) is 17.0 Å². The number of benzene rings is 1. The van der Waals surface area contributed by atoms with E-state index < -0.39 is 4.92 Å². The fourth-order valence-corrected chi connectivity index (χ4v) is 1.48. The number of hydrogen-bond donors (Lipinski definition) is 1. The smallest absolute Gasteiger partial charge is 0.269 e. The van der Waals surface area contributed by atoms with E-state index in [1.54, 1.807) is 6.92 Å². The lowest BCUT2D eigenvalue weighted by Crippen LogP contribution is -2.12. The van der Waals surface area contributed by atoms with Gasteiger partial charge in [0.1, 0.15) is 0 Å². The van der Waals surface area contributed by atoms with E-state index in [-0.39, 0.29) is 11.6 Å². The number of rotatable bonds is 5. The van der Waals surface area contributed by atoms with Crippen LogP contribution in [0.3, 0.4) is 0 Å². The number of nitro benzene ring substituents is 1. The van der Waals surface area contributed by atoms with E-state index in [9.17, 15) is 14.9 Å². The van der Waals surface area contributed by atoms with Gasteiger partial charge in [0.05, 0.1) is 4.92 Å². The second-order valence-corrected chi connectivity index (χ2v) is 3.98. The van der Waals surface area contributed by atoms with Crippen molar-refractivity contribution in [1.82, 2.24) is 0 Å². The molecule has 0 aliphatic heterocycles. The maximum absolute atomic E-state index is 11.4. The number of nitrogens with one attached hydrogen (secondary N) is 1. The zero-order chi connectivity index (χ0) is 12.8. The molecule has 0 fully saturated rings. The lowest BCUT2D eigenvalue weighted by atomic mass is 10.1. The molecule has 1 rings (SSSR count). The Kier molecular flexibility index (Phi) is 4.90. The van der Waals surface area contributed by atoms with E-state index in [0.717, 1.165) is 0 Å². The fraction of sp³-hybridized carbons (Fsp3) is 0.364.